The van der Waals surface area contributed by atoms with Crippen LogP contribution < -0.4 is 10.6 Å². The number of hydrogen-bond donors (Lipinski definition) is 2. The van der Waals surface area contributed by atoms with E-state index >= 15 is 0 Å². The molecular weight excluding hydrogens is 302 g/mol. The molecule has 0 bridgehead atoms. The summed E-state index contributed by atoms with van der Waals surface area (Å²) in [6.45, 7) is 0. The first-order valence-corrected chi connectivity index (χ1v) is 7.83. The lowest BCUT2D eigenvalue weighted by atomic mass is 9.91. The van der Waals surface area contributed by atoms with Crippen molar-refractivity contribution in [2.45, 2.75) is 24.9 Å². The molecule has 0 spiro atoms. The molecule has 5 heteroatoms. The summed E-state index contributed by atoms with van der Waals surface area (Å²) in [5.41, 5.74) is 1.85. The molecule has 1 saturated heterocycles. The van der Waals surface area contributed by atoms with Gasteiger partial charge >= 0.3 is 0 Å². The van der Waals surface area contributed by atoms with Gasteiger partial charge in [-0.2, -0.15) is 5.26 Å². The summed E-state index contributed by atoms with van der Waals surface area (Å²) in [4.78, 5) is 24.3. The van der Waals surface area contributed by atoms with Crippen LogP contribution in [-0.2, 0) is 4.79 Å². The number of nitrogens with zero attached hydrogens (tertiary/aromatic N) is 1. The second kappa shape index (κ2) is 6.97. The standard InChI is InChI=1S/C19H17N3O2/c20-12-13-5-4-8-15(11-13)19(24)21-16-9-10-17(23)22-18(16)14-6-2-1-3-7-14/h1-8,11,16,18H,9-10H2,(H,21,24)(H,22,23)/t16-,18+/m1/s1. The fourth-order valence-electron chi connectivity index (χ4n) is 2.91. The Morgan fingerprint density at radius 3 is 2.71 bits per heavy atom. The number of piperidine rings is 1. The molecule has 0 aliphatic carbocycles. The van der Waals surface area contributed by atoms with Gasteiger partial charge in [-0.25, -0.2) is 0 Å². The monoisotopic (exact) mass is 319 g/mol. The van der Waals surface area contributed by atoms with E-state index in [0.717, 1.165) is 5.56 Å². The van der Waals surface area contributed by atoms with Crippen molar-refractivity contribution in [3.05, 3.63) is 71.3 Å². The molecule has 0 aromatic heterocycles. The molecule has 1 aliphatic rings. The summed E-state index contributed by atoms with van der Waals surface area (Å²) in [6, 6.07) is 17.8. The Labute approximate surface area is 140 Å². The fourth-order valence-corrected chi connectivity index (χ4v) is 2.91. The van der Waals surface area contributed by atoms with E-state index in [9.17, 15) is 9.59 Å². The number of rotatable bonds is 3. The van der Waals surface area contributed by atoms with Crippen molar-refractivity contribution in [2.75, 3.05) is 0 Å². The van der Waals surface area contributed by atoms with Gasteiger partial charge in [0.05, 0.1) is 23.7 Å². The Morgan fingerprint density at radius 2 is 1.96 bits per heavy atom. The Hall–Kier alpha value is -3.13. The molecule has 2 N–H and O–H groups in total. The van der Waals surface area contributed by atoms with E-state index in [4.69, 9.17) is 5.26 Å². The van der Waals surface area contributed by atoms with Gasteiger partial charge in [-0.05, 0) is 30.2 Å². The van der Waals surface area contributed by atoms with Gasteiger partial charge < -0.3 is 10.6 Å². The molecule has 24 heavy (non-hydrogen) atoms. The Kier molecular flexibility index (Phi) is 4.57. The minimum absolute atomic E-state index is 0.0131. The van der Waals surface area contributed by atoms with Crippen LogP contribution in [-0.4, -0.2) is 17.9 Å². The highest BCUT2D eigenvalue weighted by Gasteiger charge is 2.31. The third-order valence-electron chi connectivity index (χ3n) is 4.13. The first-order valence-electron chi connectivity index (χ1n) is 7.83. The number of nitrogens with one attached hydrogen (secondary N) is 2. The maximum absolute atomic E-state index is 12.5. The molecule has 3 rings (SSSR count). The molecule has 5 nitrogen and oxygen atoms in total. The zero-order valence-electron chi connectivity index (χ0n) is 13.0. The Balaban J connectivity index is 1.80. The Bertz CT molecular complexity index is 796. The molecule has 2 atom stereocenters. The number of benzene rings is 2. The van der Waals surface area contributed by atoms with Crippen LogP contribution in [0.15, 0.2) is 54.6 Å². The van der Waals surface area contributed by atoms with Crippen LogP contribution in [0, 0.1) is 11.3 Å². The van der Waals surface area contributed by atoms with E-state index in [1.165, 1.54) is 0 Å². The van der Waals surface area contributed by atoms with Crippen molar-refractivity contribution in [3.63, 3.8) is 0 Å². The number of nitriles is 1. The summed E-state index contributed by atoms with van der Waals surface area (Å²) < 4.78 is 0. The van der Waals surface area contributed by atoms with Crippen LogP contribution >= 0.6 is 0 Å². The minimum atomic E-state index is -0.254. The number of hydrogen-bond acceptors (Lipinski definition) is 3. The highest BCUT2D eigenvalue weighted by molar-refractivity contribution is 5.95. The van der Waals surface area contributed by atoms with Crippen molar-refractivity contribution in [2.24, 2.45) is 0 Å². The molecule has 2 amide bonds. The summed E-state index contributed by atoms with van der Waals surface area (Å²) in [7, 11) is 0. The average Bonchev–Trinajstić information content (AvgIpc) is 2.64. The maximum Gasteiger partial charge on any atom is 0.251 e. The molecule has 120 valence electrons. The van der Waals surface area contributed by atoms with Crippen molar-refractivity contribution in [1.29, 1.82) is 5.26 Å². The summed E-state index contributed by atoms with van der Waals surface area (Å²) in [5, 5.41) is 14.9. The quantitative estimate of drug-likeness (QED) is 0.911. The smallest absolute Gasteiger partial charge is 0.251 e. The van der Waals surface area contributed by atoms with Crippen LogP contribution in [0.2, 0.25) is 0 Å². The fraction of sp³-hybridized carbons (Fsp3) is 0.211. The van der Waals surface area contributed by atoms with E-state index in [2.05, 4.69) is 10.6 Å². The van der Waals surface area contributed by atoms with Crippen LogP contribution in [0.3, 0.4) is 0 Å². The largest absolute Gasteiger partial charge is 0.347 e. The first-order chi connectivity index (χ1) is 11.7. The lowest BCUT2D eigenvalue weighted by Gasteiger charge is -2.33. The van der Waals surface area contributed by atoms with E-state index in [0.29, 0.717) is 24.0 Å². The van der Waals surface area contributed by atoms with Crippen LogP contribution in [0.4, 0.5) is 0 Å². The zero-order valence-corrected chi connectivity index (χ0v) is 13.0. The number of amides is 2. The lowest BCUT2D eigenvalue weighted by molar-refractivity contribution is -0.123. The Morgan fingerprint density at radius 1 is 1.17 bits per heavy atom. The maximum atomic E-state index is 12.5. The van der Waals surface area contributed by atoms with Gasteiger partial charge in [0.25, 0.3) is 5.91 Å². The highest BCUT2D eigenvalue weighted by Crippen LogP contribution is 2.24. The van der Waals surface area contributed by atoms with Crippen LogP contribution in [0.5, 0.6) is 0 Å². The highest BCUT2D eigenvalue weighted by atomic mass is 16.2. The van der Waals surface area contributed by atoms with Gasteiger partial charge in [0.15, 0.2) is 0 Å². The van der Waals surface area contributed by atoms with Crippen LogP contribution in [0.25, 0.3) is 0 Å². The summed E-state index contributed by atoms with van der Waals surface area (Å²) in [5.74, 6) is -0.255. The zero-order chi connectivity index (χ0) is 16.9. The topological polar surface area (TPSA) is 82.0 Å². The predicted molar refractivity (Wildman–Crippen MR) is 89.0 cm³/mol. The molecule has 2 aromatic carbocycles. The molecule has 1 heterocycles. The molecule has 1 aliphatic heterocycles. The van der Waals surface area contributed by atoms with Gasteiger partial charge in [-0.3, -0.25) is 9.59 Å². The van der Waals surface area contributed by atoms with Gasteiger partial charge in [0.2, 0.25) is 5.91 Å². The lowest BCUT2D eigenvalue weighted by Crippen LogP contribution is -2.50. The first kappa shape index (κ1) is 15.8. The molecular formula is C19H17N3O2. The van der Waals surface area contributed by atoms with Crippen molar-refractivity contribution in [1.82, 2.24) is 10.6 Å². The second-order valence-corrected chi connectivity index (χ2v) is 5.77. The number of carbonyl (C=O) groups excluding carboxylic acids is 2. The predicted octanol–water partition coefficient (Wildman–Crippen LogP) is 2.31. The molecule has 0 radical (unpaired) electrons. The van der Waals surface area contributed by atoms with Crippen molar-refractivity contribution < 1.29 is 9.59 Å². The van der Waals surface area contributed by atoms with E-state index in [-0.39, 0.29) is 23.9 Å². The molecule has 1 fully saturated rings. The molecule has 0 unspecified atom stereocenters. The summed E-state index contributed by atoms with van der Waals surface area (Å²) in [6.07, 6.45) is 0.960. The third kappa shape index (κ3) is 3.44. The second-order valence-electron chi connectivity index (χ2n) is 5.77. The minimum Gasteiger partial charge on any atom is -0.347 e. The average molecular weight is 319 g/mol. The van der Waals surface area contributed by atoms with Crippen molar-refractivity contribution >= 4 is 11.8 Å². The van der Waals surface area contributed by atoms with Gasteiger partial charge in [-0.1, -0.05) is 36.4 Å². The van der Waals surface area contributed by atoms with E-state index in [1.807, 2.05) is 36.4 Å². The number of carbonyl (C=O) groups is 2. The van der Waals surface area contributed by atoms with Gasteiger partial charge in [-0.15, -0.1) is 0 Å². The molecule has 2 aromatic rings. The molecule has 0 saturated carbocycles. The van der Waals surface area contributed by atoms with Crippen LogP contribution in [0.1, 0.15) is 40.4 Å². The third-order valence-corrected chi connectivity index (χ3v) is 4.13. The summed E-state index contributed by atoms with van der Waals surface area (Å²) >= 11 is 0. The van der Waals surface area contributed by atoms with Gasteiger partial charge in [0.1, 0.15) is 0 Å². The van der Waals surface area contributed by atoms with Crippen molar-refractivity contribution in [3.8, 4) is 6.07 Å². The normalized spacial score (nSPS) is 19.9. The van der Waals surface area contributed by atoms with Gasteiger partial charge in [0, 0.05) is 12.0 Å². The van der Waals surface area contributed by atoms with E-state index < -0.39 is 0 Å². The SMILES string of the molecule is N#Cc1cccc(C(=O)N[C@@H]2CCC(=O)N[C@H]2c2ccccc2)c1. The van der Waals surface area contributed by atoms with E-state index in [1.54, 1.807) is 24.3 Å².